The molecule has 1 aromatic rings. The second-order valence-electron chi connectivity index (χ2n) is 5.20. The van der Waals surface area contributed by atoms with Gasteiger partial charge in [0.25, 0.3) is 0 Å². The number of likely N-dealkylation sites (N-methyl/N-ethyl adjacent to an activating group) is 1. The number of para-hydroxylation sites is 2. The molecule has 1 aromatic carbocycles. The summed E-state index contributed by atoms with van der Waals surface area (Å²) in [5.41, 5.74) is -0.539. The van der Waals surface area contributed by atoms with Gasteiger partial charge in [0, 0.05) is 0 Å². The minimum absolute atomic E-state index is 0.0280. The van der Waals surface area contributed by atoms with Gasteiger partial charge in [-0.05, 0) is 40.0 Å². The Kier molecular flexibility index (Phi) is 5.72. The number of aliphatic carboxylic acids is 1. The highest BCUT2D eigenvalue weighted by Gasteiger charge is 2.33. The van der Waals surface area contributed by atoms with Crippen molar-refractivity contribution in [3.05, 3.63) is 24.3 Å². The summed E-state index contributed by atoms with van der Waals surface area (Å²) in [5.74, 6) is -0.681. The molecule has 2 N–H and O–H groups in total. The Hall–Kier alpha value is -2.08. The van der Waals surface area contributed by atoms with Gasteiger partial charge in [0.2, 0.25) is 5.91 Å². The van der Waals surface area contributed by atoms with E-state index in [-0.39, 0.29) is 12.5 Å². The molecular weight excluding hydrogens is 272 g/mol. The summed E-state index contributed by atoms with van der Waals surface area (Å²) in [6, 6.07) is 7.12. The zero-order valence-corrected chi connectivity index (χ0v) is 12.8. The molecule has 0 spiro atoms. The van der Waals surface area contributed by atoms with Gasteiger partial charge >= 0.3 is 5.97 Å². The summed E-state index contributed by atoms with van der Waals surface area (Å²) in [6.45, 7) is 5.44. The third kappa shape index (κ3) is 4.46. The van der Waals surface area contributed by atoms with Crippen molar-refractivity contribution in [1.29, 1.82) is 0 Å². The average Bonchev–Trinajstić information content (AvgIpc) is 2.40. The molecule has 0 fully saturated rings. The van der Waals surface area contributed by atoms with Crippen LogP contribution < -0.4 is 10.1 Å². The Morgan fingerprint density at radius 2 is 1.95 bits per heavy atom. The topological polar surface area (TPSA) is 78.9 Å². The van der Waals surface area contributed by atoms with Gasteiger partial charge in [0.15, 0.2) is 0 Å². The lowest BCUT2D eigenvalue weighted by atomic mass is 10.0. The van der Waals surface area contributed by atoms with Crippen molar-refractivity contribution < 1.29 is 19.4 Å². The molecule has 116 valence electrons. The molecule has 0 bridgehead atoms. The zero-order valence-electron chi connectivity index (χ0n) is 12.8. The zero-order chi connectivity index (χ0) is 16.0. The number of carbonyl (C=O) groups is 2. The van der Waals surface area contributed by atoms with E-state index in [1.54, 1.807) is 39.1 Å². The van der Waals surface area contributed by atoms with Gasteiger partial charge in [-0.25, -0.2) is 0 Å². The van der Waals surface area contributed by atoms with E-state index in [0.717, 1.165) is 0 Å². The molecule has 0 aromatic heterocycles. The summed E-state index contributed by atoms with van der Waals surface area (Å²) in [5, 5.41) is 11.9. The van der Waals surface area contributed by atoms with E-state index in [4.69, 9.17) is 9.84 Å². The number of ether oxygens (including phenoxy) is 1. The predicted octanol–water partition coefficient (Wildman–Crippen LogP) is 1.82. The Bertz CT molecular complexity index is 514. The number of rotatable bonds is 7. The van der Waals surface area contributed by atoms with Crippen LogP contribution in [0.5, 0.6) is 5.75 Å². The van der Waals surface area contributed by atoms with Crippen LogP contribution in [0.1, 0.15) is 20.8 Å². The second kappa shape index (κ2) is 7.08. The number of carbonyl (C=O) groups excluding carboxylic acids is 1. The number of nitrogens with zero attached hydrogens (tertiary/aromatic N) is 1. The summed E-state index contributed by atoms with van der Waals surface area (Å²) < 4.78 is 5.43. The molecule has 21 heavy (non-hydrogen) atoms. The van der Waals surface area contributed by atoms with E-state index in [1.165, 1.54) is 4.90 Å². The smallest absolute Gasteiger partial charge is 0.323 e. The molecule has 0 saturated carbocycles. The molecule has 0 saturated heterocycles. The van der Waals surface area contributed by atoms with Crippen molar-refractivity contribution in [3.63, 3.8) is 0 Å². The molecule has 1 amide bonds. The largest absolute Gasteiger partial charge is 0.492 e. The standard InChI is InChI=1S/C15H22N2O4/c1-5-21-12-9-7-6-8-11(12)16-13(18)10-17(4)15(2,3)14(19)20/h6-9H,5,10H2,1-4H3,(H,16,18)(H,19,20). The summed E-state index contributed by atoms with van der Waals surface area (Å²) in [4.78, 5) is 24.7. The maximum atomic E-state index is 12.0. The monoisotopic (exact) mass is 294 g/mol. The Morgan fingerprint density at radius 3 is 2.52 bits per heavy atom. The third-order valence-electron chi connectivity index (χ3n) is 3.32. The minimum Gasteiger partial charge on any atom is -0.492 e. The van der Waals surface area contributed by atoms with Gasteiger partial charge in [-0.3, -0.25) is 14.5 Å². The number of amides is 1. The van der Waals surface area contributed by atoms with Crippen molar-refractivity contribution in [2.45, 2.75) is 26.3 Å². The molecule has 0 atom stereocenters. The van der Waals surface area contributed by atoms with Gasteiger partial charge in [-0.1, -0.05) is 12.1 Å². The number of nitrogens with one attached hydrogen (secondary N) is 1. The fourth-order valence-corrected chi connectivity index (χ4v) is 1.62. The van der Waals surface area contributed by atoms with Crippen LogP contribution in [0.4, 0.5) is 5.69 Å². The van der Waals surface area contributed by atoms with Crippen LogP contribution in [0, 0.1) is 0 Å². The lowest BCUT2D eigenvalue weighted by molar-refractivity contribution is -0.148. The quantitative estimate of drug-likeness (QED) is 0.802. The first-order chi connectivity index (χ1) is 9.78. The first-order valence-corrected chi connectivity index (χ1v) is 6.75. The van der Waals surface area contributed by atoms with E-state index in [9.17, 15) is 9.59 Å². The van der Waals surface area contributed by atoms with Crippen molar-refractivity contribution >= 4 is 17.6 Å². The number of anilines is 1. The number of hydrogen-bond donors (Lipinski definition) is 2. The molecule has 0 radical (unpaired) electrons. The molecule has 0 heterocycles. The Labute approximate surface area is 124 Å². The van der Waals surface area contributed by atoms with Crippen LogP contribution in [0.3, 0.4) is 0 Å². The number of carboxylic acid groups (broad SMARTS) is 1. The fourth-order valence-electron chi connectivity index (χ4n) is 1.62. The van der Waals surface area contributed by atoms with Crippen LogP contribution in [0.15, 0.2) is 24.3 Å². The second-order valence-corrected chi connectivity index (χ2v) is 5.20. The van der Waals surface area contributed by atoms with E-state index in [1.807, 2.05) is 13.0 Å². The normalized spacial score (nSPS) is 11.3. The lowest BCUT2D eigenvalue weighted by Crippen LogP contribution is -2.50. The number of hydrogen-bond acceptors (Lipinski definition) is 4. The molecule has 6 heteroatoms. The highest BCUT2D eigenvalue weighted by atomic mass is 16.5. The fraction of sp³-hybridized carbons (Fsp3) is 0.467. The van der Waals surface area contributed by atoms with Crippen molar-refractivity contribution in [1.82, 2.24) is 4.90 Å². The van der Waals surface area contributed by atoms with Gasteiger partial charge in [-0.2, -0.15) is 0 Å². The SMILES string of the molecule is CCOc1ccccc1NC(=O)CN(C)C(C)(C)C(=O)O. The lowest BCUT2D eigenvalue weighted by Gasteiger charge is -2.30. The van der Waals surface area contributed by atoms with Crippen LogP contribution in [-0.4, -0.2) is 47.6 Å². The van der Waals surface area contributed by atoms with Crippen molar-refractivity contribution in [2.75, 3.05) is 25.5 Å². The van der Waals surface area contributed by atoms with E-state index in [0.29, 0.717) is 18.0 Å². The minimum atomic E-state index is -1.11. The Morgan fingerprint density at radius 1 is 1.33 bits per heavy atom. The third-order valence-corrected chi connectivity index (χ3v) is 3.32. The highest BCUT2D eigenvalue weighted by molar-refractivity contribution is 5.94. The average molecular weight is 294 g/mol. The molecule has 0 unspecified atom stereocenters. The molecule has 1 rings (SSSR count). The van der Waals surface area contributed by atoms with Crippen LogP contribution in [-0.2, 0) is 9.59 Å². The maximum absolute atomic E-state index is 12.0. The molecule has 6 nitrogen and oxygen atoms in total. The number of benzene rings is 1. The highest BCUT2D eigenvalue weighted by Crippen LogP contribution is 2.23. The van der Waals surface area contributed by atoms with Crippen LogP contribution >= 0.6 is 0 Å². The van der Waals surface area contributed by atoms with E-state index >= 15 is 0 Å². The number of carboxylic acids is 1. The molecule has 0 aliphatic carbocycles. The van der Waals surface area contributed by atoms with Gasteiger partial charge in [-0.15, -0.1) is 0 Å². The predicted molar refractivity (Wildman–Crippen MR) is 80.6 cm³/mol. The summed E-state index contributed by atoms with van der Waals surface area (Å²) in [6.07, 6.45) is 0. The van der Waals surface area contributed by atoms with Gasteiger partial charge in [0.1, 0.15) is 11.3 Å². The first kappa shape index (κ1) is 17.0. The van der Waals surface area contributed by atoms with Crippen molar-refractivity contribution in [3.8, 4) is 5.75 Å². The van der Waals surface area contributed by atoms with E-state index in [2.05, 4.69) is 5.32 Å². The molecule has 0 aliphatic heterocycles. The van der Waals surface area contributed by atoms with Crippen LogP contribution in [0.25, 0.3) is 0 Å². The molecule has 0 aliphatic rings. The first-order valence-electron chi connectivity index (χ1n) is 6.75. The Balaban J connectivity index is 2.72. The maximum Gasteiger partial charge on any atom is 0.323 e. The van der Waals surface area contributed by atoms with Gasteiger partial charge in [0.05, 0.1) is 18.8 Å². The van der Waals surface area contributed by atoms with E-state index < -0.39 is 11.5 Å². The summed E-state index contributed by atoms with van der Waals surface area (Å²) in [7, 11) is 1.60. The molecular formula is C15H22N2O4. The van der Waals surface area contributed by atoms with Crippen molar-refractivity contribution in [2.24, 2.45) is 0 Å². The summed E-state index contributed by atoms with van der Waals surface area (Å²) >= 11 is 0. The van der Waals surface area contributed by atoms with Gasteiger partial charge < -0.3 is 15.2 Å². The van der Waals surface area contributed by atoms with Crippen LogP contribution in [0.2, 0.25) is 0 Å².